The van der Waals surface area contributed by atoms with Crippen LogP contribution in [0.5, 0.6) is 0 Å². The Labute approximate surface area is 97.6 Å². The molecule has 1 rings (SSSR count). The first kappa shape index (κ1) is 12.0. The van der Waals surface area contributed by atoms with Gasteiger partial charge in [0.05, 0.1) is 5.56 Å². The van der Waals surface area contributed by atoms with Gasteiger partial charge in [-0.05, 0) is 35.8 Å². The number of hydrogen-bond donors (Lipinski definition) is 1. The number of carbonyl (C=O) groups is 1. The van der Waals surface area contributed by atoms with E-state index in [9.17, 15) is 4.79 Å². The molecule has 0 saturated carbocycles. The van der Waals surface area contributed by atoms with Crippen LogP contribution >= 0.6 is 15.9 Å². The molecule has 0 unspecified atom stereocenters. The molecule has 0 aliphatic rings. The van der Waals surface area contributed by atoms with Gasteiger partial charge in [-0.3, -0.25) is 4.79 Å². The van der Waals surface area contributed by atoms with E-state index < -0.39 is 0 Å². The van der Waals surface area contributed by atoms with Gasteiger partial charge in [0.15, 0.2) is 0 Å². The van der Waals surface area contributed by atoms with Gasteiger partial charge in [-0.1, -0.05) is 0 Å². The van der Waals surface area contributed by atoms with Crippen molar-refractivity contribution in [3.63, 3.8) is 0 Å². The first-order chi connectivity index (χ1) is 6.93. The molecule has 0 aromatic carbocycles. The number of aromatic nitrogens is 1. The molecule has 1 amide bonds. The Morgan fingerprint density at radius 3 is 2.73 bits per heavy atom. The molecule has 1 aromatic heterocycles. The van der Waals surface area contributed by atoms with Crippen molar-refractivity contribution in [2.45, 2.75) is 19.9 Å². The van der Waals surface area contributed by atoms with E-state index >= 15 is 0 Å². The largest absolute Gasteiger partial charge is 0.383 e. The second kappa shape index (κ2) is 4.61. The minimum Gasteiger partial charge on any atom is -0.383 e. The fourth-order valence-corrected chi connectivity index (χ4v) is 1.38. The van der Waals surface area contributed by atoms with E-state index in [-0.39, 0.29) is 17.8 Å². The normalized spacial score (nSPS) is 10.5. The van der Waals surface area contributed by atoms with Crippen LogP contribution in [0.1, 0.15) is 24.2 Å². The van der Waals surface area contributed by atoms with Gasteiger partial charge in [0.2, 0.25) is 0 Å². The molecule has 0 aliphatic heterocycles. The fraction of sp³-hybridized carbons (Fsp3) is 0.400. The maximum atomic E-state index is 11.9. The van der Waals surface area contributed by atoms with Crippen molar-refractivity contribution in [2.75, 3.05) is 12.8 Å². The van der Waals surface area contributed by atoms with E-state index in [2.05, 4.69) is 20.9 Å². The summed E-state index contributed by atoms with van der Waals surface area (Å²) in [5, 5.41) is 0. The van der Waals surface area contributed by atoms with E-state index in [1.807, 2.05) is 13.8 Å². The highest BCUT2D eigenvalue weighted by Gasteiger charge is 2.17. The molecule has 1 aromatic rings. The highest BCUT2D eigenvalue weighted by molar-refractivity contribution is 9.10. The summed E-state index contributed by atoms with van der Waals surface area (Å²) >= 11 is 3.26. The van der Waals surface area contributed by atoms with Gasteiger partial charge in [-0.25, -0.2) is 4.98 Å². The predicted octanol–water partition coefficient (Wildman–Crippen LogP) is 1.91. The smallest absolute Gasteiger partial charge is 0.257 e. The fourth-order valence-electron chi connectivity index (χ4n) is 1.05. The lowest BCUT2D eigenvalue weighted by Crippen LogP contribution is -2.33. The monoisotopic (exact) mass is 271 g/mol. The van der Waals surface area contributed by atoms with Crippen molar-refractivity contribution in [1.29, 1.82) is 0 Å². The molecule has 2 N–H and O–H groups in total. The van der Waals surface area contributed by atoms with Crippen molar-refractivity contribution in [3.05, 3.63) is 22.3 Å². The van der Waals surface area contributed by atoms with E-state index in [0.717, 1.165) is 4.47 Å². The average Bonchev–Trinajstić information content (AvgIpc) is 2.19. The molecule has 0 fully saturated rings. The summed E-state index contributed by atoms with van der Waals surface area (Å²) in [5.74, 6) is 0.145. The van der Waals surface area contributed by atoms with Gasteiger partial charge in [0, 0.05) is 23.8 Å². The van der Waals surface area contributed by atoms with Crippen LogP contribution in [-0.4, -0.2) is 28.9 Å². The van der Waals surface area contributed by atoms with E-state index in [1.165, 1.54) is 0 Å². The van der Waals surface area contributed by atoms with Gasteiger partial charge in [-0.15, -0.1) is 0 Å². The topological polar surface area (TPSA) is 59.2 Å². The zero-order valence-electron chi connectivity index (χ0n) is 8.99. The molecule has 15 heavy (non-hydrogen) atoms. The number of nitrogens with two attached hydrogens (primary N) is 1. The Bertz CT molecular complexity index is 379. The van der Waals surface area contributed by atoms with Crippen molar-refractivity contribution >= 4 is 27.7 Å². The first-order valence-electron chi connectivity index (χ1n) is 4.61. The standard InChI is InChI=1S/C10H14BrN3O/c1-6(2)14(3)10(15)8-4-7(11)5-13-9(8)12/h4-6H,1-3H3,(H2,12,13). The lowest BCUT2D eigenvalue weighted by Gasteiger charge is -2.21. The summed E-state index contributed by atoms with van der Waals surface area (Å²) in [6, 6.07) is 1.82. The lowest BCUT2D eigenvalue weighted by atomic mass is 10.2. The molecular formula is C10H14BrN3O. The van der Waals surface area contributed by atoms with Crippen molar-refractivity contribution < 1.29 is 4.79 Å². The third kappa shape index (κ3) is 2.68. The second-order valence-corrected chi connectivity index (χ2v) is 4.51. The first-order valence-corrected chi connectivity index (χ1v) is 5.41. The molecule has 1 heterocycles. The van der Waals surface area contributed by atoms with Crippen LogP contribution in [0.4, 0.5) is 5.82 Å². The summed E-state index contributed by atoms with van der Waals surface area (Å²) in [6.45, 7) is 3.89. The van der Waals surface area contributed by atoms with Crippen LogP contribution in [0.3, 0.4) is 0 Å². The molecule has 0 radical (unpaired) electrons. The van der Waals surface area contributed by atoms with Crippen LogP contribution < -0.4 is 5.73 Å². The zero-order valence-corrected chi connectivity index (χ0v) is 10.6. The van der Waals surface area contributed by atoms with Crippen LogP contribution in [0.2, 0.25) is 0 Å². The summed E-state index contributed by atoms with van der Waals surface area (Å²) in [5.41, 5.74) is 6.08. The van der Waals surface area contributed by atoms with Gasteiger partial charge in [-0.2, -0.15) is 0 Å². The van der Waals surface area contributed by atoms with E-state index in [4.69, 9.17) is 5.73 Å². The summed E-state index contributed by atoms with van der Waals surface area (Å²) < 4.78 is 0.747. The Kier molecular flexibility index (Phi) is 3.68. The minimum atomic E-state index is -0.115. The van der Waals surface area contributed by atoms with Gasteiger partial charge in [0.1, 0.15) is 5.82 Å². The number of anilines is 1. The Hall–Kier alpha value is -1.10. The Morgan fingerprint density at radius 1 is 1.60 bits per heavy atom. The third-order valence-corrected chi connectivity index (χ3v) is 2.64. The lowest BCUT2D eigenvalue weighted by molar-refractivity contribution is 0.0755. The highest BCUT2D eigenvalue weighted by atomic mass is 79.9. The number of amides is 1. The molecular weight excluding hydrogens is 258 g/mol. The zero-order chi connectivity index (χ0) is 11.6. The number of carbonyl (C=O) groups excluding carboxylic acids is 1. The Morgan fingerprint density at radius 2 is 2.20 bits per heavy atom. The molecule has 0 aliphatic carbocycles. The highest BCUT2D eigenvalue weighted by Crippen LogP contribution is 2.17. The summed E-state index contributed by atoms with van der Waals surface area (Å²) in [6.07, 6.45) is 1.57. The van der Waals surface area contributed by atoms with Crippen molar-refractivity contribution in [2.24, 2.45) is 0 Å². The number of nitrogen functional groups attached to an aromatic ring is 1. The number of hydrogen-bond acceptors (Lipinski definition) is 3. The molecule has 82 valence electrons. The van der Waals surface area contributed by atoms with Crippen LogP contribution in [0, 0.1) is 0 Å². The number of rotatable bonds is 2. The Balaban J connectivity index is 3.05. The average molecular weight is 272 g/mol. The predicted molar refractivity (Wildman–Crippen MR) is 63.6 cm³/mol. The van der Waals surface area contributed by atoms with Gasteiger partial charge in [0.25, 0.3) is 5.91 Å². The summed E-state index contributed by atoms with van der Waals surface area (Å²) in [4.78, 5) is 17.5. The number of halogens is 1. The quantitative estimate of drug-likeness (QED) is 0.894. The van der Waals surface area contributed by atoms with Gasteiger partial charge >= 0.3 is 0 Å². The number of nitrogens with zero attached hydrogens (tertiary/aromatic N) is 2. The maximum Gasteiger partial charge on any atom is 0.257 e. The summed E-state index contributed by atoms with van der Waals surface area (Å²) in [7, 11) is 1.74. The third-order valence-electron chi connectivity index (χ3n) is 2.21. The van der Waals surface area contributed by atoms with E-state index in [1.54, 1.807) is 24.2 Å². The number of pyridine rings is 1. The molecule has 0 saturated heterocycles. The van der Waals surface area contributed by atoms with Crippen LogP contribution in [0.15, 0.2) is 16.7 Å². The van der Waals surface area contributed by atoms with E-state index in [0.29, 0.717) is 5.56 Å². The molecule has 4 nitrogen and oxygen atoms in total. The SMILES string of the molecule is CC(C)N(C)C(=O)c1cc(Br)cnc1N. The van der Waals surface area contributed by atoms with Gasteiger partial charge < -0.3 is 10.6 Å². The van der Waals surface area contributed by atoms with Crippen LogP contribution in [0.25, 0.3) is 0 Å². The molecule has 0 atom stereocenters. The van der Waals surface area contributed by atoms with Crippen molar-refractivity contribution in [1.82, 2.24) is 9.88 Å². The van der Waals surface area contributed by atoms with Crippen molar-refractivity contribution in [3.8, 4) is 0 Å². The maximum absolute atomic E-state index is 11.9. The molecule has 0 spiro atoms. The molecule has 5 heteroatoms. The van der Waals surface area contributed by atoms with Crippen LogP contribution in [-0.2, 0) is 0 Å². The molecule has 0 bridgehead atoms. The minimum absolute atomic E-state index is 0.115. The second-order valence-electron chi connectivity index (χ2n) is 3.60.